The van der Waals surface area contributed by atoms with E-state index < -0.39 is 0 Å². The molecule has 4 heteroatoms. The molecule has 1 aliphatic rings. The molecule has 4 nitrogen and oxygen atoms in total. The first-order valence-electron chi connectivity index (χ1n) is 1.92. The number of rotatable bonds is 2. The van der Waals surface area contributed by atoms with Gasteiger partial charge >= 0.3 is 0 Å². The average molecular weight is 98.1 g/mol. The Morgan fingerprint density at radius 1 is 2.00 bits per heavy atom. The highest BCUT2D eigenvalue weighted by Gasteiger charge is 2.20. The molecule has 0 aromatic rings. The quantitative estimate of drug-likeness (QED) is 0.218. The van der Waals surface area contributed by atoms with E-state index >= 15 is 0 Å². The van der Waals surface area contributed by atoms with Crippen molar-refractivity contribution in [2.75, 3.05) is 6.61 Å². The van der Waals surface area contributed by atoms with Gasteiger partial charge < -0.3 is 4.74 Å². The number of hydrogen-bond donors (Lipinski definition) is 0. The number of hydrogen-bond acceptors (Lipinski definition) is 2. The van der Waals surface area contributed by atoms with Crippen LogP contribution in [0.1, 0.15) is 0 Å². The van der Waals surface area contributed by atoms with Gasteiger partial charge in [-0.15, -0.1) is 0 Å². The number of ether oxygens (including phenoxy) is 1. The summed E-state index contributed by atoms with van der Waals surface area (Å²) in [5.41, 5.74) is 7.71. The Morgan fingerprint density at radius 3 is 3.14 bits per heavy atom. The summed E-state index contributed by atoms with van der Waals surface area (Å²) in [6, 6.07) is 0. The molecule has 0 amide bonds. The van der Waals surface area contributed by atoms with Crippen LogP contribution in [0.15, 0.2) is 5.11 Å². The van der Waals surface area contributed by atoms with Gasteiger partial charge in [-0.05, 0) is 5.53 Å². The third kappa shape index (κ3) is 1.43. The van der Waals surface area contributed by atoms with Crippen molar-refractivity contribution in [3.8, 4) is 0 Å². The van der Waals surface area contributed by atoms with E-state index in [2.05, 4.69) is 10.0 Å². The molecular formula is C3H4N3O. The fourth-order valence-corrected chi connectivity index (χ4v) is 0.246. The highest BCUT2D eigenvalue weighted by molar-refractivity contribution is 4.83. The SMILES string of the molecule is [N-]=[N+]=N[CH]C1CO1. The van der Waals surface area contributed by atoms with Crippen LogP contribution in [0.3, 0.4) is 0 Å². The Labute approximate surface area is 40.7 Å². The summed E-state index contributed by atoms with van der Waals surface area (Å²) in [4.78, 5) is 2.51. The molecule has 0 aliphatic carbocycles. The van der Waals surface area contributed by atoms with Gasteiger partial charge in [0.1, 0.15) is 0 Å². The molecule has 1 rings (SSSR count). The summed E-state index contributed by atoms with van der Waals surface area (Å²) in [7, 11) is 0. The van der Waals surface area contributed by atoms with E-state index in [9.17, 15) is 0 Å². The number of epoxide rings is 1. The lowest BCUT2D eigenvalue weighted by Gasteiger charge is -1.71. The van der Waals surface area contributed by atoms with E-state index in [1.165, 1.54) is 6.54 Å². The molecule has 1 unspecified atom stereocenters. The molecule has 37 valence electrons. The third-order valence-corrected chi connectivity index (χ3v) is 0.644. The zero-order chi connectivity index (χ0) is 5.11. The maximum Gasteiger partial charge on any atom is 0.0899 e. The second-order valence-corrected chi connectivity index (χ2v) is 1.23. The minimum absolute atomic E-state index is 0.107. The molecule has 0 bridgehead atoms. The van der Waals surface area contributed by atoms with Crippen LogP contribution < -0.4 is 0 Å². The van der Waals surface area contributed by atoms with Crippen LogP contribution in [0.2, 0.25) is 0 Å². The zero-order valence-corrected chi connectivity index (χ0v) is 3.61. The van der Waals surface area contributed by atoms with Crippen LogP contribution >= 0.6 is 0 Å². The Bertz CT molecular complexity index is 103. The molecule has 0 aromatic carbocycles. The monoisotopic (exact) mass is 98.0 g/mol. The van der Waals surface area contributed by atoms with Crippen molar-refractivity contribution in [3.63, 3.8) is 0 Å². The zero-order valence-electron chi connectivity index (χ0n) is 3.61. The van der Waals surface area contributed by atoms with Crippen LogP contribution in [0.5, 0.6) is 0 Å². The van der Waals surface area contributed by atoms with Gasteiger partial charge in [-0.2, -0.15) is 0 Å². The van der Waals surface area contributed by atoms with Crippen molar-refractivity contribution in [2.24, 2.45) is 5.11 Å². The van der Waals surface area contributed by atoms with Gasteiger partial charge in [0.2, 0.25) is 0 Å². The van der Waals surface area contributed by atoms with Crippen LogP contribution in [-0.4, -0.2) is 12.7 Å². The minimum Gasteiger partial charge on any atom is -0.373 e. The molecule has 1 heterocycles. The summed E-state index contributed by atoms with van der Waals surface area (Å²) in [6.45, 7) is 2.15. The normalized spacial score (nSPS) is 26.0. The summed E-state index contributed by atoms with van der Waals surface area (Å²) < 4.78 is 4.69. The summed E-state index contributed by atoms with van der Waals surface area (Å²) in [5, 5.41) is 3.16. The summed E-state index contributed by atoms with van der Waals surface area (Å²) in [5.74, 6) is 0. The number of azide groups is 1. The first-order chi connectivity index (χ1) is 3.43. The second-order valence-electron chi connectivity index (χ2n) is 1.23. The molecule has 0 N–H and O–H groups in total. The topological polar surface area (TPSA) is 61.3 Å². The molecular weight excluding hydrogens is 94.1 g/mol. The Balaban J connectivity index is 2.09. The van der Waals surface area contributed by atoms with E-state index in [1.54, 1.807) is 0 Å². The van der Waals surface area contributed by atoms with Crippen molar-refractivity contribution < 1.29 is 4.74 Å². The first kappa shape index (κ1) is 4.43. The highest BCUT2D eigenvalue weighted by Crippen LogP contribution is 2.11. The van der Waals surface area contributed by atoms with E-state index in [4.69, 9.17) is 10.3 Å². The fraction of sp³-hybridized carbons (Fsp3) is 0.667. The Hall–Kier alpha value is -0.730. The van der Waals surface area contributed by atoms with Crippen molar-refractivity contribution in [2.45, 2.75) is 6.10 Å². The smallest absolute Gasteiger partial charge is 0.0899 e. The highest BCUT2D eigenvalue weighted by atomic mass is 16.6. The van der Waals surface area contributed by atoms with Gasteiger partial charge in [-0.25, -0.2) is 0 Å². The summed E-state index contributed by atoms with van der Waals surface area (Å²) >= 11 is 0. The van der Waals surface area contributed by atoms with Crippen LogP contribution in [0.4, 0.5) is 0 Å². The van der Waals surface area contributed by atoms with Gasteiger partial charge in [0.25, 0.3) is 0 Å². The molecule has 1 atom stereocenters. The Kier molecular flexibility index (Phi) is 1.15. The van der Waals surface area contributed by atoms with Gasteiger partial charge in [-0.1, -0.05) is 5.11 Å². The maximum atomic E-state index is 7.71. The summed E-state index contributed by atoms with van der Waals surface area (Å²) in [6.07, 6.45) is 0.107. The van der Waals surface area contributed by atoms with Crippen LogP contribution in [0.25, 0.3) is 10.4 Å². The van der Waals surface area contributed by atoms with E-state index in [0.717, 1.165) is 0 Å². The largest absolute Gasteiger partial charge is 0.373 e. The molecule has 1 aliphatic heterocycles. The minimum atomic E-state index is 0.107. The predicted molar refractivity (Wildman–Crippen MR) is 23.2 cm³/mol. The third-order valence-electron chi connectivity index (χ3n) is 0.644. The standard InChI is InChI=1S/C3H4N3O/c4-6-5-1-3-2-7-3/h1,3H,2H2. The van der Waals surface area contributed by atoms with Gasteiger partial charge in [-0.3, -0.25) is 0 Å². The van der Waals surface area contributed by atoms with Gasteiger partial charge in [0.15, 0.2) is 0 Å². The molecule has 0 aromatic heterocycles. The van der Waals surface area contributed by atoms with Gasteiger partial charge in [0.05, 0.1) is 19.3 Å². The van der Waals surface area contributed by atoms with Gasteiger partial charge in [0, 0.05) is 4.91 Å². The lowest BCUT2D eigenvalue weighted by Crippen LogP contribution is -1.77. The van der Waals surface area contributed by atoms with Crippen LogP contribution in [0, 0.1) is 6.54 Å². The maximum absolute atomic E-state index is 7.71. The van der Waals surface area contributed by atoms with E-state index in [1.807, 2.05) is 0 Å². The predicted octanol–water partition coefficient (Wildman–Crippen LogP) is 0.857. The molecule has 1 radical (unpaired) electrons. The molecule has 0 saturated carbocycles. The lowest BCUT2D eigenvalue weighted by molar-refractivity contribution is 0.428. The van der Waals surface area contributed by atoms with Crippen molar-refractivity contribution in [1.29, 1.82) is 0 Å². The fourth-order valence-electron chi connectivity index (χ4n) is 0.246. The first-order valence-corrected chi connectivity index (χ1v) is 1.92. The molecule has 1 saturated heterocycles. The Morgan fingerprint density at radius 2 is 2.71 bits per heavy atom. The van der Waals surface area contributed by atoms with Crippen molar-refractivity contribution in [3.05, 3.63) is 17.0 Å². The number of nitrogens with zero attached hydrogens (tertiary/aromatic N) is 3. The average Bonchev–Trinajstić information content (AvgIpc) is 2.42. The molecule has 7 heavy (non-hydrogen) atoms. The van der Waals surface area contributed by atoms with Crippen LogP contribution in [-0.2, 0) is 4.74 Å². The van der Waals surface area contributed by atoms with Crippen molar-refractivity contribution in [1.82, 2.24) is 0 Å². The van der Waals surface area contributed by atoms with E-state index in [0.29, 0.717) is 6.61 Å². The second kappa shape index (κ2) is 1.82. The van der Waals surface area contributed by atoms with Crippen molar-refractivity contribution >= 4 is 0 Å². The molecule has 0 spiro atoms. The lowest BCUT2D eigenvalue weighted by atomic mass is 10.5. The van der Waals surface area contributed by atoms with E-state index in [-0.39, 0.29) is 6.10 Å². The molecule has 1 fully saturated rings.